The van der Waals surface area contributed by atoms with Crippen LogP contribution in [0, 0.1) is 6.92 Å². The number of H-pyrrole nitrogens is 1. The molecule has 0 radical (unpaired) electrons. The van der Waals surface area contributed by atoms with Crippen LogP contribution in [-0.2, 0) is 0 Å². The van der Waals surface area contributed by atoms with Gasteiger partial charge in [0, 0.05) is 10.9 Å². The topological polar surface area (TPSA) is 72.5 Å². The first-order valence-electron chi connectivity index (χ1n) is 9.73. The van der Waals surface area contributed by atoms with E-state index in [2.05, 4.69) is 11.1 Å². The molecular formula is C24H17N5O. The Bertz CT molecular complexity index is 1460. The van der Waals surface area contributed by atoms with Gasteiger partial charge in [-0.2, -0.15) is 5.10 Å². The molecule has 0 saturated carbocycles. The molecule has 0 aliphatic carbocycles. The van der Waals surface area contributed by atoms with Crippen molar-refractivity contribution in [2.75, 3.05) is 0 Å². The second-order valence-corrected chi connectivity index (χ2v) is 7.17. The molecule has 0 atom stereocenters. The molecule has 0 unspecified atom stereocenters. The number of aromatic nitrogens is 5. The van der Waals surface area contributed by atoms with E-state index >= 15 is 0 Å². The van der Waals surface area contributed by atoms with E-state index in [9.17, 15) is 0 Å². The fourth-order valence-electron chi connectivity index (χ4n) is 3.79. The van der Waals surface area contributed by atoms with Crippen molar-refractivity contribution in [3.05, 3.63) is 84.8 Å². The molecule has 0 spiro atoms. The summed E-state index contributed by atoms with van der Waals surface area (Å²) >= 11 is 0. The maximum Gasteiger partial charge on any atom is 0.163 e. The Morgan fingerprint density at radius 2 is 1.73 bits per heavy atom. The molecule has 30 heavy (non-hydrogen) atoms. The Hall–Kier alpha value is -4.19. The van der Waals surface area contributed by atoms with E-state index in [0.29, 0.717) is 5.76 Å². The van der Waals surface area contributed by atoms with Gasteiger partial charge in [-0.1, -0.05) is 30.3 Å². The highest BCUT2D eigenvalue weighted by Crippen LogP contribution is 2.34. The van der Waals surface area contributed by atoms with Gasteiger partial charge < -0.3 is 9.40 Å². The molecule has 2 aromatic carbocycles. The summed E-state index contributed by atoms with van der Waals surface area (Å²) in [4.78, 5) is 13.2. The molecule has 0 aliphatic rings. The minimum atomic E-state index is 0.686. The molecule has 6 rings (SSSR count). The number of rotatable bonds is 3. The van der Waals surface area contributed by atoms with E-state index in [1.807, 2.05) is 78.3 Å². The molecule has 0 saturated heterocycles. The summed E-state index contributed by atoms with van der Waals surface area (Å²) in [5.41, 5.74) is 6.15. The Morgan fingerprint density at radius 1 is 0.900 bits per heavy atom. The molecule has 6 aromatic rings. The zero-order chi connectivity index (χ0) is 20.1. The molecule has 0 amide bonds. The van der Waals surface area contributed by atoms with Crippen molar-refractivity contribution in [1.29, 1.82) is 0 Å². The summed E-state index contributed by atoms with van der Waals surface area (Å²) in [5.74, 6) is 1.44. The van der Waals surface area contributed by atoms with Crippen molar-refractivity contribution >= 4 is 22.1 Å². The minimum absolute atomic E-state index is 0.686. The van der Waals surface area contributed by atoms with Crippen LogP contribution in [0.1, 0.15) is 5.69 Å². The van der Waals surface area contributed by atoms with Crippen molar-refractivity contribution in [2.45, 2.75) is 6.92 Å². The number of hydrogen-bond donors (Lipinski definition) is 1. The van der Waals surface area contributed by atoms with E-state index in [1.165, 1.54) is 0 Å². The molecule has 1 N–H and O–H groups in total. The monoisotopic (exact) mass is 391 g/mol. The number of aromatic amines is 1. The third-order valence-electron chi connectivity index (χ3n) is 5.24. The zero-order valence-electron chi connectivity index (χ0n) is 16.2. The highest BCUT2D eigenvalue weighted by Gasteiger charge is 2.20. The Balaban J connectivity index is 1.66. The van der Waals surface area contributed by atoms with Gasteiger partial charge in [0.25, 0.3) is 0 Å². The largest absolute Gasteiger partial charge is 0.463 e. The molecular weight excluding hydrogens is 374 g/mol. The number of imidazole rings is 1. The second-order valence-electron chi connectivity index (χ2n) is 7.17. The van der Waals surface area contributed by atoms with Gasteiger partial charge in [0.15, 0.2) is 11.4 Å². The van der Waals surface area contributed by atoms with Gasteiger partial charge >= 0.3 is 0 Å². The molecule has 4 heterocycles. The summed E-state index contributed by atoms with van der Waals surface area (Å²) < 4.78 is 7.60. The quantitative estimate of drug-likeness (QED) is 0.430. The molecule has 0 bridgehead atoms. The molecule has 6 nitrogen and oxygen atoms in total. The van der Waals surface area contributed by atoms with Gasteiger partial charge in [0.2, 0.25) is 0 Å². The fourth-order valence-corrected chi connectivity index (χ4v) is 3.79. The lowest BCUT2D eigenvalue weighted by Crippen LogP contribution is -1.99. The van der Waals surface area contributed by atoms with Crippen LogP contribution in [-0.4, -0.2) is 24.7 Å². The minimum Gasteiger partial charge on any atom is -0.463 e. The summed E-state index contributed by atoms with van der Waals surface area (Å²) in [6.45, 7) is 2.00. The molecule has 4 aromatic heterocycles. The van der Waals surface area contributed by atoms with Crippen molar-refractivity contribution < 1.29 is 4.42 Å². The van der Waals surface area contributed by atoms with Gasteiger partial charge in [-0.15, -0.1) is 0 Å². The van der Waals surface area contributed by atoms with Crippen molar-refractivity contribution in [1.82, 2.24) is 24.7 Å². The zero-order valence-corrected chi connectivity index (χ0v) is 16.2. The third-order valence-corrected chi connectivity index (χ3v) is 5.24. The van der Waals surface area contributed by atoms with E-state index < -0.39 is 0 Å². The number of furan rings is 1. The first kappa shape index (κ1) is 16.7. The van der Waals surface area contributed by atoms with E-state index in [0.717, 1.165) is 50.5 Å². The number of para-hydroxylation sites is 3. The third kappa shape index (κ3) is 2.54. The number of aryl methyl sites for hydroxylation is 1. The summed E-state index contributed by atoms with van der Waals surface area (Å²) in [6.07, 6.45) is 1.66. The molecule has 6 heteroatoms. The van der Waals surface area contributed by atoms with Gasteiger partial charge in [0.1, 0.15) is 11.5 Å². The van der Waals surface area contributed by atoms with Gasteiger partial charge in [-0.05, 0) is 49.4 Å². The first-order valence-corrected chi connectivity index (χ1v) is 9.73. The van der Waals surface area contributed by atoms with E-state index in [1.54, 1.807) is 6.26 Å². The first-order chi connectivity index (χ1) is 14.8. The SMILES string of the molecule is Cc1nn(-c2ccccc2)c2nc(-c3ccco3)c(-c3nc4ccccc4[nH]3)cc12. The lowest BCUT2D eigenvalue weighted by molar-refractivity contribution is 0.580. The lowest BCUT2D eigenvalue weighted by atomic mass is 10.1. The standard InChI is InChI=1S/C24H17N5O/c1-15-17-14-18(23-25-19-10-5-6-11-20(19)26-23)22(21-12-7-13-30-21)27-24(17)29(28-15)16-8-3-2-4-9-16/h2-14H,1H3,(H,25,26). The molecule has 0 fully saturated rings. The lowest BCUT2D eigenvalue weighted by Gasteiger charge is -2.07. The normalized spacial score (nSPS) is 11.5. The predicted molar refractivity (Wildman–Crippen MR) is 116 cm³/mol. The fraction of sp³-hybridized carbons (Fsp3) is 0.0417. The number of nitrogens with zero attached hydrogens (tertiary/aromatic N) is 4. The highest BCUT2D eigenvalue weighted by molar-refractivity contribution is 5.91. The average molecular weight is 391 g/mol. The van der Waals surface area contributed by atoms with E-state index in [4.69, 9.17) is 19.5 Å². The van der Waals surface area contributed by atoms with Crippen molar-refractivity contribution in [3.8, 4) is 28.5 Å². The summed E-state index contributed by atoms with van der Waals surface area (Å²) in [5, 5.41) is 5.73. The number of benzene rings is 2. The van der Waals surface area contributed by atoms with Crippen LogP contribution in [0.5, 0.6) is 0 Å². The van der Waals surface area contributed by atoms with Crippen molar-refractivity contribution in [2.24, 2.45) is 0 Å². The number of pyridine rings is 1. The van der Waals surface area contributed by atoms with Crippen LogP contribution in [0.2, 0.25) is 0 Å². The molecule has 0 aliphatic heterocycles. The van der Waals surface area contributed by atoms with Crippen LogP contribution in [0.4, 0.5) is 0 Å². The van der Waals surface area contributed by atoms with Crippen LogP contribution in [0.3, 0.4) is 0 Å². The Labute approximate surface area is 171 Å². The van der Waals surface area contributed by atoms with Gasteiger partial charge in [-0.3, -0.25) is 0 Å². The van der Waals surface area contributed by atoms with Crippen LogP contribution >= 0.6 is 0 Å². The maximum absolute atomic E-state index is 5.72. The van der Waals surface area contributed by atoms with Crippen LogP contribution in [0.25, 0.3) is 50.6 Å². The Kier molecular flexibility index (Phi) is 3.58. The Morgan fingerprint density at radius 3 is 2.53 bits per heavy atom. The molecule has 144 valence electrons. The van der Waals surface area contributed by atoms with E-state index in [-0.39, 0.29) is 0 Å². The number of hydrogen-bond acceptors (Lipinski definition) is 4. The number of fused-ring (bicyclic) bond motifs is 2. The highest BCUT2D eigenvalue weighted by atomic mass is 16.3. The van der Waals surface area contributed by atoms with Gasteiger partial charge in [-0.25, -0.2) is 14.6 Å². The summed E-state index contributed by atoms with van der Waals surface area (Å²) in [7, 11) is 0. The number of nitrogens with one attached hydrogen (secondary N) is 1. The van der Waals surface area contributed by atoms with Gasteiger partial charge in [0.05, 0.1) is 28.7 Å². The predicted octanol–water partition coefficient (Wildman–Crippen LogP) is 5.53. The van der Waals surface area contributed by atoms with Crippen molar-refractivity contribution in [3.63, 3.8) is 0 Å². The van der Waals surface area contributed by atoms with Crippen LogP contribution < -0.4 is 0 Å². The smallest absolute Gasteiger partial charge is 0.163 e. The summed E-state index contributed by atoms with van der Waals surface area (Å²) in [6, 6.07) is 23.9. The van der Waals surface area contributed by atoms with Crippen LogP contribution in [0.15, 0.2) is 83.5 Å². The maximum atomic E-state index is 5.72. The average Bonchev–Trinajstić information content (AvgIpc) is 3.52. The second kappa shape index (κ2) is 6.42.